The summed E-state index contributed by atoms with van der Waals surface area (Å²) in [5.74, 6) is -4.99. The van der Waals surface area contributed by atoms with E-state index in [0.717, 1.165) is 6.07 Å². The van der Waals surface area contributed by atoms with Crippen LogP contribution in [0.4, 0.5) is 23.2 Å². The zero-order chi connectivity index (χ0) is 14.1. The van der Waals surface area contributed by atoms with E-state index in [-0.39, 0.29) is 4.47 Å². The second-order valence-corrected chi connectivity index (χ2v) is 3.92. The molecule has 0 fully saturated rings. The lowest BCUT2D eigenvalue weighted by Gasteiger charge is -2.11. The van der Waals surface area contributed by atoms with Crippen molar-refractivity contribution in [2.24, 2.45) is 0 Å². The van der Waals surface area contributed by atoms with Crippen LogP contribution in [0.3, 0.4) is 0 Å². The van der Waals surface area contributed by atoms with Crippen molar-refractivity contribution in [3.8, 4) is 0 Å². The first-order valence-corrected chi connectivity index (χ1v) is 5.02. The molecule has 0 aliphatic carbocycles. The number of aromatic carboxylic acids is 1. The number of anilines is 1. The average Bonchev–Trinajstić information content (AvgIpc) is 2.21. The minimum atomic E-state index is -5.20. The Bertz CT molecular complexity index is 515. The van der Waals surface area contributed by atoms with Crippen molar-refractivity contribution in [1.82, 2.24) is 0 Å². The highest BCUT2D eigenvalue weighted by atomic mass is 79.9. The van der Waals surface area contributed by atoms with Crippen molar-refractivity contribution < 1.29 is 32.3 Å². The lowest BCUT2D eigenvalue weighted by atomic mass is 10.1. The molecule has 0 aliphatic rings. The molecular weight excluding hydrogens is 326 g/mol. The summed E-state index contributed by atoms with van der Waals surface area (Å²) in [6.45, 7) is 0. The Morgan fingerprint density at radius 2 is 1.83 bits per heavy atom. The Kier molecular flexibility index (Phi) is 3.95. The number of amides is 1. The molecule has 0 aliphatic heterocycles. The molecule has 1 rings (SSSR count). The molecule has 1 amide bonds. The molecule has 0 spiro atoms. The molecule has 0 saturated heterocycles. The summed E-state index contributed by atoms with van der Waals surface area (Å²) in [4.78, 5) is 21.4. The molecule has 2 N–H and O–H groups in total. The van der Waals surface area contributed by atoms with Crippen LogP contribution >= 0.6 is 15.9 Å². The van der Waals surface area contributed by atoms with Crippen LogP contribution in [-0.2, 0) is 4.79 Å². The van der Waals surface area contributed by atoms with Gasteiger partial charge in [-0.2, -0.15) is 13.2 Å². The molecule has 98 valence electrons. The van der Waals surface area contributed by atoms with Crippen LogP contribution in [0.25, 0.3) is 0 Å². The predicted octanol–water partition coefficient (Wildman–Crippen LogP) is 2.79. The van der Waals surface area contributed by atoms with Crippen LogP contribution in [0.2, 0.25) is 0 Å². The van der Waals surface area contributed by atoms with Gasteiger partial charge >= 0.3 is 18.1 Å². The van der Waals surface area contributed by atoms with E-state index in [0.29, 0.717) is 6.07 Å². The lowest BCUT2D eigenvalue weighted by Crippen LogP contribution is -2.30. The Balaban J connectivity index is 3.20. The van der Waals surface area contributed by atoms with Crippen LogP contribution in [0.5, 0.6) is 0 Å². The summed E-state index contributed by atoms with van der Waals surface area (Å²) >= 11 is 2.68. The van der Waals surface area contributed by atoms with E-state index in [9.17, 15) is 27.2 Å². The number of benzene rings is 1. The lowest BCUT2D eigenvalue weighted by molar-refractivity contribution is -0.167. The van der Waals surface area contributed by atoms with Gasteiger partial charge in [0.15, 0.2) is 0 Å². The molecule has 0 radical (unpaired) electrons. The Labute approximate surface area is 106 Å². The summed E-state index contributed by atoms with van der Waals surface area (Å²) in [6.07, 6.45) is -5.20. The van der Waals surface area contributed by atoms with Gasteiger partial charge in [-0.05, 0) is 28.1 Å². The van der Waals surface area contributed by atoms with E-state index < -0.39 is 35.1 Å². The van der Waals surface area contributed by atoms with E-state index >= 15 is 0 Å². The van der Waals surface area contributed by atoms with E-state index in [1.807, 2.05) is 0 Å². The maximum atomic E-state index is 13.1. The van der Waals surface area contributed by atoms with Gasteiger partial charge in [-0.3, -0.25) is 4.79 Å². The molecule has 0 bridgehead atoms. The van der Waals surface area contributed by atoms with Crippen molar-refractivity contribution in [3.63, 3.8) is 0 Å². The number of nitrogens with one attached hydrogen (secondary N) is 1. The highest BCUT2D eigenvalue weighted by Crippen LogP contribution is 2.26. The molecule has 0 heterocycles. The van der Waals surface area contributed by atoms with Gasteiger partial charge in [-0.15, -0.1) is 0 Å². The van der Waals surface area contributed by atoms with Gasteiger partial charge < -0.3 is 10.4 Å². The number of hydrogen-bond acceptors (Lipinski definition) is 2. The SMILES string of the molecule is O=C(O)c1cc(Br)c(F)cc1NC(=O)C(F)(F)F. The molecule has 4 nitrogen and oxygen atoms in total. The third-order valence-corrected chi connectivity index (χ3v) is 2.40. The van der Waals surface area contributed by atoms with Crippen LogP contribution in [0.15, 0.2) is 16.6 Å². The highest BCUT2D eigenvalue weighted by molar-refractivity contribution is 9.10. The van der Waals surface area contributed by atoms with Crippen LogP contribution < -0.4 is 5.32 Å². The van der Waals surface area contributed by atoms with Gasteiger partial charge in [0.05, 0.1) is 15.7 Å². The smallest absolute Gasteiger partial charge is 0.471 e. The fourth-order valence-corrected chi connectivity index (χ4v) is 1.36. The molecule has 0 unspecified atom stereocenters. The number of rotatable bonds is 2. The molecule has 0 saturated carbocycles. The fourth-order valence-electron chi connectivity index (χ4n) is 1.02. The summed E-state index contributed by atoms with van der Waals surface area (Å²) in [7, 11) is 0. The van der Waals surface area contributed by atoms with E-state index in [1.165, 1.54) is 5.32 Å². The first-order valence-electron chi connectivity index (χ1n) is 4.23. The molecule has 0 atom stereocenters. The Morgan fingerprint density at radius 1 is 1.28 bits per heavy atom. The fraction of sp³-hybridized carbons (Fsp3) is 0.111. The van der Waals surface area contributed by atoms with Gasteiger partial charge in [-0.1, -0.05) is 0 Å². The average molecular weight is 330 g/mol. The van der Waals surface area contributed by atoms with E-state index in [4.69, 9.17) is 5.11 Å². The molecule has 1 aromatic carbocycles. The van der Waals surface area contributed by atoms with Crippen LogP contribution in [-0.4, -0.2) is 23.2 Å². The zero-order valence-corrected chi connectivity index (χ0v) is 9.89. The van der Waals surface area contributed by atoms with Crippen molar-refractivity contribution in [3.05, 3.63) is 28.0 Å². The van der Waals surface area contributed by atoms with E-state index in [2.05, 4.69) is 15.9 Å². The predicted molar refractivity (Wildman–Crippen MR) is 55.7 cm³/mol. The quantitative estimate of drug-likeness (QED) is 0.820. The second kappa shape index (κ2) is 4.92. The maximum absolute atomic E-state index is 13.1. The molecule has 0 aromatic heterocycles. The third kappa shape index (κ3) is 3.19. The molecular formula is C9H4BrF4NO3. The largest absolute Gasteiger partial charge is 0.478 e. The minimum absolute atomic E-state index is 0.245. The summed E-state index contributed by atoms with van der Waals surface area (Å²) in [5.41, 5.74) is -1.44. The zero-order valence-electron chi connectivity index (χ0n) is 8.31. The highest BCUT2D eigenvalue weighted by Gasteiger charge is 2.39. The number of carboxylic acids is 1. The normalized spacial score (nSPS) is 11.2. The summed E-state index contributed by atoms with van der Waals surface area (Å²) in [6, 6.07) is 1.24. The van der Waals surface area contributed by atoms with Gasteiger partial charge in [0.1, 0.15) is 5.82 Å². The van der Waals surface area contributed by atoms with Crippen molar-refractivity contribution in [1.29, 1.82) is 0 Å². The summed E-state index contributed by atoms with van der Waals surface area (Å²) < 4.78 is 48.8. The molecule has 18 heavy (non-hydrogen) atoms. The van der Waals surface area contributed by atoms with Gasteiger partial charge in [-0.25, -0.2) is 9.18 Å². The second-order valence-electron chi connectivity index (χ2n) is 3.07. The number of halogens is 5. The molecule has 1 aromatic rings. The van der Waals surface area contributed by atoms with Crippen LogP contribution in [0.1, 0.15) is 10.4 Å². The summed E-state index contributed by atoms with van der Waals surface area (Å²) in [5, 5.41) is 10.0. The van der Waals surface area contributed by atoms with Gasteiger partial charge in [0.25, 0.3) is 0 Å². The first kappa shape index (κ1) is 14.4. The number of alkyl halides is 3. The number of carboxylic acid groups (broad SMARTS) is 1. The molecule has 9 heteroatoms. The maximum Gasteiger partial charge on any atom is 0.471 e. The Hall–Kier alpha value is -1.64. The topological polar surface area (TPSA) is 66.4 Å². The van der Waals surface area contributed by atoms with Crippen molar-refractivity contribution in [2.45, 2.75) is 6.18 Å². The standard InChI is InChI=1S/C9H4BrF4NO3/c10-4-1-3(7(16)17)6(2-5(4)11)15-8(18)9(12,13)14/h1-2H,(H,15,18)(H,16,17). The first-order chi connectivity index (χ1) is 8.12. The van der Waals surface area contributed by atoms with Gasteiger partial charge in [0.2, 0.25) is 0 Å². The Morgan fingerprint density at radius 3 is 2.28 bits per heavy atom. The van der Waals surface area contributed by atoms with Crippen LogP contribution in [0, 0.1) is 5.82 Å². The van der Waals surface area contributed by atoms with E-state index in [1.54, 1.807) is 0 Å². The monoisotopic (exact) mass is 329 g/mol. The number of carbonyl (C=O) groups is 2. The third-order valence-electron chi connectivity index (χ3n) is 1.80. The minimum Gasteiger partial charge on any atom is -0.478 e. The van der Waals surface area contributed by atoms with Crippen molar-refractivity contribution in [2.75, 3.05) is 5.32 Å². The number of carbonyl (C=O) groups excluding carboxylic acids is 1. The van der Waals surface area contributed by atoms with Crippen molar-refractivity contribution >= 4 is 33.5 Å². The number of hydrogen-bond donors (Lipinski definition) is 2. The van der Waals surface area contributed by atoms with Gasteiger partial charge in [0, 0.05) is 0 Å².